The van der Waals surface area contributed by atoms with E-state index >= 15 is 0 Å². The Labute approximate surface area is 230 Å². The fourth-order valence-corrected chi connectivity index (χ4v) is 7.57. The van der Waals surface area contributed by atoms with Crippen LogP contribution in [0.3, 0.4) is 0 Å². The summed E-state index contributed by atoms with van der Waals surface area (Å²) in [5.74, 6) is 1.47. The predicted octanol–water partition coefficient (Wildman–Crippen LogP) is 3.48. The summed E-state index contributed by atoms with van der Waals surface area (Å²) in [6, 6.07) is 13.7. The van der Waals surface area contributed by atoms with Crippen molar-refractivity contribution in [3.8, 4) is 11.8 Å². The Hall–Kier alpha value is -3.61. The average Bonchev–Trinajstić information content (AvgIpc) is 3.42. The lowest BCUT2D eigenvalue weighted by Crippen LogP contribution is -2.50. The highest BCUT2D eigenvalue weighted by molar-refractivity contribution is 6.33. The molecule has 2 aliphatic heterocycles. The number of rotatable bonds is 4. The maximum absolute atomic E-state index is 13.9. The highest BCUT2D eigenvalue weighted by Crippen LogP contribution is 2.45. The van der Waals surface area contributed by atoms with Gasteiger partial charge in [0.2, 0.25) is 0 Å². The second kappa shape index (κ2) is 9.93. The normalized spacial score (nSPS) is 23.1. The van der Waals surface area contributed by atoms with Crippen LogP contribution in [0.5, 0.6) is 0 Å². The van der Waals surface area contributed by atoms with E-state index in [1.165, 1.54) is 0 Å². The molecular weight excluding hydrogens is 514 g/mol. The monoisotopic (exact) mass is 545 g/mol. The minimum atomic E-state index is -0.305. The van der Waals surface area contributed by atoms with Crippen molar-refractivity contribution in [2.45, 2.75) is 51.1 Å². The Morgan fingerprint density at radius 1 is 1.26 bits per heavy atom. The highest BCUT2D eigenvalue weighted by Gasteiger charge is 2.48. The molecule has 0 saturated carbocycles. The molecule has 10 heteroatoms. The number of nitrogens with zero attached hydrogens (tertiary/aromatic N) is 6. The number of hydrogen-bond donors (Lipinski definition) is 1. The first-order chi connectivity index (χ1) is 18.2. The van der Waals surface area contributed by atoms with Gasteiger partial charge in [-0.25, -0.2) is 9.51 Å². The van der Waals surface area contributed by atoms with Gasteiger partial charge in [0, 0.05) is 46.7 Å². The minimum Gasteiger partial charge on any atom is -0.387 e. The van der Waals surface area contributed by atoms with Crippen LogP contribution >= 0.6 is 11.6 Å². The van der Waals surface area contributed by atoms with Crippen LogP contribution in [0.4, 0.5) is 0 Å². The molecule has 2 aromatic heterocycles. The minimum absolute atomic E-state index is 0.128. The number of halogens is 1. The van der Waals surface area contributed by atoms with Crippen molar-refractivity contribution in [1.29, 1.82) is 5.26 Å². The Bertz CT molecular complexity index is 1600. The number of hydrogen-bond acceptors (Lipinski definition) is 6. The van der Waals surface area contributed by atoms with Crippen molar-refractivity contribution < 1.29 is 0 Å². The Balaban J connectivity index is 1.72. The largest absolute Gasteiger partial charge is 0.387 e. The molecule has 0 bridgehead atoms. The maximum Gasteiger partial charge on any atom is 0.284 e. The van der Waals surface area contributed by atoms with E-state index in [9.17, 15) is 10.1 Å². The van der Waals surface area contributed by atoms with Gasteiger partial charge in [-0.05, 0) is 49.5 Å². The fraction of sp³-hybridized carbons (Fsp3) is 0.357. The second-order valence-corrected chi connectivity index (χ2v) is 12.8. The van der Waals surface area contributed by atoms with E-state index in [0.29, 0.717) is 40.1 Å². The topological polar surface area (TPSA) is 105 Å². The van der Waals surface area contributed by atoms with Gasteiger partial charge in [0.1, 0.15) is 17.4 Å². The summed E-state index contributed by atoms with van der Waals surface area (Å²) in [6.07, 6.45) is 5.66. The van der Waals surface area contributed by atoms with E-state index in [-0.39, 0.29) is 16.6 Å². The molecule has 0 spiro atoms. The lowest BCUT2D eigenvalue weighted by Gasteiger charge is -2.44. The van der Waals surface area contributed by atoms with Crippen molar-refractivity contribution in [3.63, 3.8) is 0 Å². The number of allylic oxidation sites excluding steroid dienone is 2. The molecule has 0 amide bonds. The van der Waals surface area contributed by atoms with Crippen LogP contribution in [0.25, 0.3) is 11.2 Å². The van der Waals surface area contributed by atoms with Gasteiger partial charge in [-0.15, -0.1) is 0 Å². The number of aromatic nitrogens is 3. The molecule has 2 N–H and O–H groups in total. The van der Waals surface area contributed by atoms with Gasteiger partial charge in [-0.1, -0.05) is 43.6 Å². The molecule has 196 valence electrons. The zero-order chi connectivity index (χ0) is 27.2. The van der Waals surface area contributed by atoms with E-state index in [0.717, 1.165) is 46.6 Å². The molecule has 3 aromatic rings. The van der Waals surface area contributed by atoms with E-state index < -0.39 is 0 Å². The lowest BCUT2D eigenvalue weighted by molar-refractivity contribution is 0.237. The molecule has 1 fully saturated rings. The van der Waals surface area contributed by atoms with E-state index in [2.05, 4.69) is 36.7 Å². The van der Waals surface area contributed by atoms with Crippen LogP contribution in [0.15, 0.2) is 75.4 Å². The highest BCUT2D eigenvalue weighted by atomic mass is 35.5. The van der Waals surface area contributed by atoms with E-state index in [1.807, 2.05) is 30.3 Å². The fourth-order valence-electron chi connectivity index (χ4n) is 5.98. The molecule has 4 heterocycles. The summed E-state index contributed by atoms with van der Waals surface area (Å²) in [5.41, 5.74) is 9.52. The number of amidine groups is 1. The van der Waals surface area contributed by atoms with Crippen LogP contribution in [0, 0.1) is 17.2 Å². The van der Waals surface area contributed by atoms with Gasteiger partial charge in [-0.2, -0.15) is 10.4 Å². The molecule has 0 aliphatic carbocycles. The van der Waals surface area contributed by atoms with Gasteiger partial charge in [-0.3, -0.25) is 9.36 Å². The Morgan fingerprint density at radius 2 is 2.00 bits per heavy atom. The van der Waals surface area contributed by atoms with Crippen LogP contribution in [0.2, 0.25) is 5.02 Å². The zero-order valence-corrected chi connectivity index (χ0v) is 24.9. The standard InChI is InChI=1S/C28H32ClN7OSi/c1-17-13-28(38,34(16-17)24-18(2)9-10-23(31)32-15-20(24)14-30)19(3)26-33-35-12-11-22(29)25(35)27(37)36(26)21-7-5-4-6-8-21/h4-8,11-12,15,17,19H,9-10,13,16H2,1-3,38H3,(H2,31,32). The third kappa shape index (κ3) is 4.28. The zero-order valence-electron chi connectivity index (χ0n) is 22.1. The second-order valence-electron chi connectivity index (χ2n) is 10.7. The van der Waals surface area contributed by atoms with Crippen LogP contribution in [-0.2, 0) is 0 Å². The Morgan fingerprint density at radius 3 is 2.71 bits per heavy atom. The quantitative estimate of drug-likeness (QED) is 0.505. The predicted molar refractivity (Wildman–Crippen MR) is 155 cm³/mol. The summed E-state index contributed by atoms with van der Waals surface area (Å²) in [5, 5.41) is 15.2. The van der Waals surface area contributed by atoms with Gasteiger partial charge >= 0.3 is 0 Å². The third-order valence-electron chi connectivity index (χ3n) is 8.03. The van der Waals surface area contributed by atoms with Crippen LogP contribution in [0.1, 0.15) is 51.8 Å². The van der Waals surface area contributed by atoms with E-state index in [4.69, 9.17) is 22.4 Å². The smallest absolute Gasteiger partial charge is 0.284 e. The number of nitriles is 1. The van der Waals surface area contributed by atoms with Gasteiger partial charge in [0.15, 0.2) is 0 Å². The SMILES string of the molecule is CC1=C(N2CC(C)CC2([SiH3])C(C)c2nn3ccc(Cl)c3c(=O)n2-c2ccccc2)C(C#N)=CN=C(N)CC1. The number of para-hydroxylation sites is 1. The molecule has 3 atom stereocenters. The summed E-state index contributed by atoms with van der Waals surface area (Å²) in [6.45, 7) is 7.30. The molecular formula is C28H32ClN7OSi. The first kappa shape index (κ1) is 26.0. The molecule has 8 nitrogen and oxygen atoms in total. The van der Waals surface area contributed by atoms with Crippen molar-refractivity contribution in [1.82, 2.24) is 19.1 Å². The van der Waals surface area contributed by atoms with Gasteiger partial charge < -0.3 is 10.6 Å². The van der Waals surface area contributed by atoms with Crippen molar-refractivity contribution in [2.75, 3.05) is 6.54 Å². The maximum atomic E-state index is 13.9. The van der Waals surface area contributed by atoms with Crippen LogP contribution < -0.4 is 11.3 Å². The first-order valence-corrected chi connectivity index (χ1v) is 14.3. The van der Waals surface area contributed by atoms with Gasteiger partial charge in [0.25, 0.3) is 5.56 Å². The molecule has 5 rings (SSSR count). The van der Waals surface area contributed by atoms with Crippen molar-refractivity contribution in [2.24, 2.45) is 16.6 Å². The van der Waals surface area contributed by atoms with Crippen molar-refractivity contribution >= 4 is 33.2 Å². The van der Waals surface area contributed by atoms with Gasteiger partial charge in [0.05, 0.1) is 27.8 Å². The van der Waals surface area contributed by atoms with Crippen molar-refractivity contribution in [3.05, 3.63) is 86.8 Å². The first-order valence-electron chi connectivity index (χ1n) is 12.9. The van der Waals surface area contributed by atoms with Crippen LogP contribution in [-0.4, -0.2) is 46.9 Å². The molecule has 1 saturated heterocycles. The Kier molecular flexibility index (Phi) is 6.80. The number of likely N-dealkylation sites (tertiary alicyclic amines) is 1. The number of fused-ring (bicyclic) bond motifs is 1. The summed E-state index contributed by atoms with van der Waals surface area (Å²) >= 11 is 6.42. The molecule has 0 radical (unpaired) electrons. The average molecular weight is 546 g/mol. The molecule has 38 heavy (non-hydrogen) atoms. The number of aliphatic imine (C=N–C) groups is 1. The summed E-state index contributed by atoms with van der Waals surface area (Å²) < 4.78 is 3.31. The molecule has 1 aromatic carbocycles. The molecule has 3 unspecified atom stereocenters. The van der Waals surface area contributed by atoms with E-state index in [1.54, 1.807) is 27.5 Å². The third-order valence-corrected chi connectivity index (χ3v) is 10.2. The lowest BCUT2D eigenvalue weighted by atomic mass is 9.92. The summed E-state index contributed by atoms with van der Waals surface area (Å²) in [4.78, 5) is 20.7. The number of nitrogens with two attached hydrogens (primary N) is 1. The molecule has 2 aliphatic rings. The summed E-state index contributed by atoms with van der Waals surface area (Å²) in [7, 11) is 0.782. The number of benzene rings is 1.